The summed E-state index contributed by atoms with van der Waals surface area (Å²) in [6.07, 6.45) is 0. The van der Waals surface area contributed by atoms with E-state index in [0.29, 0.717) is 33.1 Å². The van der Waals surface area contributed by atoms with Crippen molar-refractivity contribution in [1.29, 1.82) is 5.26 Å². The maximum absolute atomic E-state index is 12.9. The third kappa shape index (κ3) is 3.19. The van der Waals surface area contributed by atoms with Crippen molar-refractivity contribution in [3.63, 3.8) is 0 Å². The number of nitrogens with zero attached hydrogens (tertiary/aromatic N) is 4. The summed E-state index contributed by atoms with van der Waals surface area (Å²) in [5.41, 5.74) is 3.46. The first-order valence-electron chi connectivity index (χ1n) is 8.00. The zero-order valence-corrected chi connectivity index (χ0v) is 15.4. The third-order valence-corrected chi connectivity index (χ3v) is 4.38. The molecule has 0 fully saturated rings. The number of nitriles is 1. The molecule has 0 saturated carbocycles. The van der Waals surface area contributed by atoms with E-state index in [-0.39, 0.29) is 5.91 Å². The highest BCUT2D eigenvalue weighted by molar-refractivity contribution is 6.34. The number of hydrogen-bond acceptors (Lipinski definition) is 4. The van der Waals surface area contributed by atoms with Crippen LogP contribution in [0.1, 0.15) is 12.5 Å². The largest absolute Gasteiger partial charge is 0.378 e. The first kappa shape index (κ1) is 17.7. The molecule has 26 heavy (non-hydrogen) atoms. The number of carbonyl (C=O) groups is 1. The molecule has 2 aromatic rings. The van der Waals surface area contributed by atoms with Crippen molar-refractivity contribution in [3.8, 4) is 6.07 Å². The molecular weight excluding hydrogens is 348 g/mol. The molecule has 0 aliphatic carbocycles. The van der Waals surface area contributed by atoms with Crippen LogP contribution in [-0.4, -0.2) is 25.7 Å². The quantitative estimate of drug-likeness (QED) is 0.608. The minimum Gasteiger partial charge on any atom is -0.378 e. The number of benzene rings is 2. The Balaban J connectivity index is 2.03. The van der Waals surface area contributed by atoms with Crippen molar-refractivity contribution < 1.29 is 4.79 Å². The predicted octanol–water partition coefficient (Wildman–Crippen LogP) is 4.11. The summed E-state index contributed by atoms with van der Waals surface area (Å²) in [7, 11) is 3.89. The number of carbonyl (C=O) groups excluding carboxylic acids is 1. The fraction of sp³-hybridized carbons (Fsp3) is 0.150. The van der Waals surface area contributed by atoms with E-state index in [1.807, 2.05) is 43.3 Å². The molecule has 0 saturated heterocycles. The molecule has 1 amide bonds. The minimum absolute atomic E-state index is 0.318. The van der Waals surface area contributed by atoms with E-state index in [1.165, 1.54) is 5.01 Å². The lowest BCUT2D eigenvalue weighted by molar-refractivity contribution is -0.114. The van der Waals surface area contributed by atoms with Gasteiger partial charge in [0, 0.05) is 24.8 Å². The van der Waals surface area contributed by atoms with Crippen LogP contribution < -0.4 is 9.91 Å². The average Bonchev–Trinajstić information content (AvgIpc) is 2.92. The van der Waals surface area contributed by atoms with Crippen LogP contribution in [0.25, 0.3) is 5.57 Å². The maximum Gasteiger partial charge on any atom is 0.281 e. The Bertz CT molecular complexity index is 951. The smallest absolute Gasteiger partial charge is 0.281 e. The van der Waals surface area contributed by atoms with E-state index in [9.17, 15) is 10.1 Å². The summed E-state index contributed by atoms with van der Waals surface area (Å²) in [6, 6.07) is 16.5. The zero-order chi connectivity index (χ0) is 18.8. The van der Waals surface area contributed by atoms with Gasteiger partial charge in [-0.2, -0.15) is 15.4 Å². The second kappa shape index (κ2) is 7.03. The van der Waals surface area contributed by atoms with Crippen molar-refractivity contribution in [3.05, 3.63) is 64.7 Å². The molecule has 1 aliphatic rings. The maximum atomic E-state index is 12.9. The van der Waals surface area contributed by atoms with Gasteiger partial charge in [0.15, 0.2) is 0 Å². The summed E-state index contributed by atoms with van der Waals surface area (Å²) in [6.45, 7) is 1.73. The lowest BCUT2D eigenvalue weighted by atomic mass is 9.98. The van der Waals surface area contributed by atoms with E-state index in [4.69, 9.17) is 11.6 Å². The molecule has 6 heteroatoms. The number of rotatable bonds is 3. The number of halogens is 1. The van der Waals surface area contributed by atoms with E-state index in [1.54, 1.807) is 31.2 Å². The topological polar surface area (TPSA) is 59.7 Å². The molecular formula is C20H17ClN4O. The number of hydrogen-bond donors (Lipinski definition) is 0. The second-order valence-electron chi connectivity index (χ2n) is 6.08. The van der Waals surface area contributed by atoms with Crippen LogP contribution in [0.4, 0.5) is 11.4 Å². The van der Waals surface area contributed by atoms with Gasteiger partial charge in [0.2, 0.25) is 0 Å². The van der Waals surface area contributed by atoms with E-state index in [2.05, 4.69) is 11.2 Å². The van der Waals surface area contributed by atoms with Gasteiger partial charge in [-0.1, -0.05) is 23.7 Å². The Hall–Kier alpha value is -3.10. The second-order valence-corrected chi connectivity index (χ2v) is 6.52. The molecule has 0 aromatic heterocycles. The number of anilines is 2. The number of allylic oxidation sites excluding steroid dienone is 1. The summed E-state index contributed by atoms with van der Waals surface area (Å²) < 4.78 is 0. The molecule has 2 aromatic carbocycles. The predicted molar refractivity (Wildman–Crippen MR) is 105 cm³/mol. The molecule has 5 nitrogen and oxygen atoms in total. The molecule has 0 bridgehead atoms. The molecule has 0 N–H and O–H groups in total. The van der Waals surface area contributed by atoms with Gasteiger partial charge in [-0.05, 0) is 48.9 Å². The van der Waals surface area contributed by atoms with Crippen LogP contribution in [0.15, 0.2) is 59.2 Å². The third-order valence-electron chi connectivity index (χ3n) is 4.12. The fourth-order valence-corrected chi connectivity index (χ4v) is 2.87. The normalized spacial score (nSPS) is 15.6. The minimum atomic E-state index is -0.321. The fourth-order valence-electron chi connectivity index (χ4n) is 2.74. The molecule has 0 atom stereocenters. The van der Waals surface area contributed by atoms with Crippen molar-refractivity contribution in [2.24, 2.45) is 5.10 Å². The molecule has 0 radical (unpaired) electrons. The van der Waals surface area contributed by atoms with Gasteiger partial charge in [-0.3, -0.25) is 4.79 Å². The molecule has 0 spiro atoms. The lowest BCUT2D eigenvalue weighted by Crippen LogP contribution is -2.22. The Morgan fingerprint density at radius 1 is 1.12 bits per heavy atom. The van der Waals surface area contributed by atoms with E-state index >= 15 is 0 Å². The average molecular weight is 365 g/mol. The van der Waals surface area contributed by atoms with Crippen LogP contribution in [0.5, 0.6) is 0 Å². The van der Waals surface area contributed by atoms with Crippen molar-refractivity contribution in [1.82, 2.24) is 0 Å². The molecule has 3 rings (SSSR count). The van der Waals surface area contributed by atoms with Crippen LogP contribution in [0.3, 0.4) is 0 Å². The molecule has 0 unspecified atom stereocenters. The summed E-state index contributed by atoms with van der Waals surface area (Å²) in [5.74, 6) is -0.321. The highest BCUT2D eigenvalue weighted by Gasteiger charge is 2.32. The summed E-state index contributed by atoms with van der Waals surface area (Å²) in [4.78, 5) is 14.9. The van der Waals surface area contributed by atoms with Gasteiger partial charge in [0.05, 0.1) is 22.5 Å². The van der Waals surface area contributed by atoms with Crippen LogP contribution in [-0.2, 0) is 4.79 Å². The van der Waals surface area contributed by atoms with Crippen LogP contribution in [0, 0.1) is 11.3 Å². The van der Waals surface area contributed by atoms with Crippen molar-refractivity contribution in [2.75, 3.05) is 24.0 Å². The Kier molecular flexibility index (Phi) is 4.79. The molecule has 1 heterocycles. The molecule has 1 aliphatic heterocycles. The Labute approximate surface area is 157 Å². The SMILES string of the molecule is CC1=NN(c2ccc(Cl)cc2)C(=O)/C1=C(\C#N)c1ccc(N(C)C)cc1. The summed E-state index contributed by atoms with van der Waals surface area (Å²) >= 11 is 5.90. The van der Waals surface area contributed by atoms with Gasteiger partial charge in [-0.25, -0.2) is 0 Å². The van der Waals surface area contributed by atoms with E-state index in [0.717, 1.165) is 5.69 Å². The van der Waals surface area contributed by atoms with Gasteiger partial charge < -0.3 is 4.90 Å². The standard InChI is InChI=1S/C20H17ClN4O/c1-13-19(18(12-22)14-4-8-16(9-5-14)24(2)3)20(26)25(23-13)17-10-6-15(21)7-11-17/h4-11H,1-3H3/b19-18+. The number of amides is 1. The van der Waals surface area contributed by atoms with Crippen molar-refractivity contribution in [2.45, 2.75) is 6.92 Å². The van der Waals surface area contributed by atoms with Gasteiger partial charge in [-0.15, -0.1) is 0 Å². The van der Waals surface area contributed by atoms with Crippen molar-refractivity contribution >= 4 is 40.2 Å². The highest BCUT2D eigenvalue weighted by atomic mass is 35.5. The van der Waals surface area contributed by atoms with E-state index < -0.39 is 0 Å². The first-order chi connectivity index (χ1) is 12.4. The lowest BCUT2D eigenvalue weighted by Gasteiger charge is -2.13. The zero-order valence-electron chi connectivity index (χ0n) is 14.7. The van der Waals surface area contributed by atoms with Crippen LogP contribution in [0.2, 0.25) is 5.02 Å². The summed E-state index contributed by atoms with van der Waals surface area (Å²) in [5, 5.41) is 15.9. The number of hydrazone groups is 1. The van der Waals surface area contributed by atoms with Crippen LogP contribution >= 0.6 is 11.6 Å². The monoisotopic (exact) mass is 364 g/mol. The Morgan fingerprint density at radius 3 is 2.27 bits per heavy atom. The highest BCUT2D eigenvalue weighted by Crippen LogP contribution is 2.30. The first-order valence-corrected chi connectivity index (χ1v) is 8.38. The van der Waals surface area contributed by atoms with Gasteiger partial charge in [0.1, 0.15) is 6.07 Å². The molecule has 130 valence electrons. The van der Waals surface area contributed by atoms with Gasteiger partial charge >= 0.3 is 0 Å². The van der Waals surface area contributed by atoms with Gasteiger partial charge in [0.25, 0.3) is 5.91 Å². The Morgan fingerprint density at radius 2 is 1.73 bits per heavy atom.